The minimum atomic E-state index is -0.316. The molecule has 0 aliphatic carbocycles. The predicted molar refractivity (Wildman–Crippen MR) is 120 cm³/mol. The Bertz CT molecular complexity index is 1320. The van der Waals surface area contributed by atoms with Crippen molar-refractivity contribution in [2.24, 2.45) is 0 Å². The number of halogens is 2. The van der Waals surface area contributed by atoms with E-state index in [1.165, 1.54) is 24.7 Å². The number of nitrogen functional groups attached to an aromatic ring is 1. The Kier molecular flexibility index (Phi) is 6.39. The maximum absolute atomic E-state index is 13.3. The van der Waals surface area contributed by atoms with Gasteiger partial charge in [0.25, 0.3) is 0 Å². The standard InChI is InChI=1S/C23H16ClFN6O/c24-20-11-19(6-7-21(20)32-13-15-2-1-3-17(25)10-15)30-22-16(12-27-14-29-22)4-5-18-8-9-28-23(26)31-18/h1-3,6-12,14H,13H2,(H2,26,28,31)(H,27,29,30). The summed E-state index contributed by atoms with van der Waals surface area (Å²) in [7, 11) is 0. The molecule has 9 heteroatoms. The summed E-state index contributed by atoms with van der Waals surface area (Å²) < 4.78 is 19.0. The largest absolute Gasteiger partial charge is 0.487 e. The minimum absolute atomic E-state index is 0.147. The van der Waals surface area contributed by atoms with Crippen LogP contribution in [0.4, 0.5) is 21.8 Å². The molecule has 158 valence electrons. The van der Waals surface area contributed by atoms with Crippen molar-refractivity contribution < 1.29 is 9.13 Å². The Morgan fingerprint density at radius 3 is 2.81 bits per heavy atom. The van der Waals surface area contributed by atoms with Crippen LogP contribution >= 0.6 is 11.6 Å². The molecule has 0 saturated carbocycles. The molecule has 0 atom stereocenters. The van der Waals surface area contributed by atoms with Crippen molar-refractivity contribution in [1.82, 2.24) is 19.9 Å². The summed E-state index contributed by atoms with van der Waals surface area (Å²) in [5.41, 5.74) is 8.01. The highest BCUT2D eigenvalue weighted by Gasteiger charge is 2.07. The lowest BCUT2D eigenvalue weighted by Gasteiger charge is -2.11. The van der Waals surface area contributed by atoms with Crippen molar-refractivity contribution in [3.63, 3.8) is 0 Å². The van der Waals surface area contributed by atoms with Crippen LogP contribution in [0.2, 0.25) is 5.02 Å². The third kappa shape index (κ3) is 5.47. The molecule has 0 unspecified atom stereocenters. The van der Waals surface area contributed by atoms with E-state index in [1.807, 2.05) is 0 Å². The lowest BCUT2D eigenvalue weighted by atomic mass is 10.2. The van der Waals surface area contributed by atoms with E-state index in [0.29, 0.717) is 39.1 Å². The molecule has 2 aromatic heterocycles. The van der Waals surface area contributed by atoms with Crippen LogP contribution in [0.1, 0.15) is 16.8 Å². The molecule has 0 radical (unpaired) electrons. The van der Waals surface area contributed by atoms with Crippen LogP contribution in [0.15, 0.2) is 67.3 Å². The predicted octanol–water partition coefficient (Wildman–Crippen LogP) is 4.36. The van der Waals surface area contributed by atoms with Gasteiger partial charge in [0, 0.05) is 18.1 Å². The number of nitrogens with two attached hydrogens (primary N) is 1. The van der Waals surface area contributed by atoms with Crippen molar-refractivity contribution in [2.75, 3.05) is 11.1 Å². The fourth-order valence-corrected chi connectivity index (χ4v) is 2.95. The third-order valence-electron chi connectivity index (χ3n) is 4.19. The van der Waals surface area contributed by atoms with E-state index in [9.17, 15) is 4.39 Å². The smallest absolute Gasteiger partial charge is 0.221 e. The van der Waals surface area contributed by atoms with E-state index >= 15 is 0 Å². The zero-order valence-corrected chi connectivity index (χ0v) is 17.3. The second-order valence-electron chi connectivity index (χ2n) is 6.52. The first-order valence-electron chi connectivity index (χ1n) is 9.41. The average molecular weight is 447 g/mol. The molecule has 4 rings (SSSR count). The van der Waals surface area contributed by atoms with Gasteiger partial charge in [-0.05, 0) is 47.9 Å². The molecule has 0 spiro atoms. The van der Waals surface area contributed by atoms with E-state index in [4.69, 9.17) is 22.1 Å². The van der Waals surface area contributed by atoms with E-state index in [0.717, 1.165) is 0 Å². The fourth-order valence-electron chi connectivity index (χ4n) is 2.72. The zero-order chi connectivity index (χ0) is 22.3. The first kappa shape index (κ1) is 21.0. The maximum atomic E-state index is 13.3. The fraction of sp³-hybridized carbons (Fsp3) is 0.0435. The SMILES string of the molecule is Nc1nccc(C#Cc2cncnc2Nc2ccc(OCc3cccc(F)c3)c(Cl)c2)n1. The molecule has 0 fully saturated rings. The first-order valence-corrected chi connectivity index (χ1v) is 9.79. The van der Waals surface area contributed by atoms with Crippen molar-refractivity contribution in [2.45, 2.75) is 6.61 Å². The lowest BCUT2D eigenvalue weighted by Crippen LogP contribution is -1.99. The molecule has 0 saturated heterocycles. The number of nitrogens with zero attached hydrogens (tertiary/aromatic N) is 4. The zero-order valence-electron chi connectivity index (χ0n) is 16.6. The Hall–Kier alpha value is -4.22. The van der Waals surface area contributed by atoms with Crippen LogP contribution in [0.3, 0.4) is 0 Å². The van der Waals surface area contributed by atoms with E-state index < -0.39 is 0 Å². The Morgan fingerprint density at radius 2 is 2.00 bits per heavy atom. The topological polar surface area (TPSA) is 98.8 Å². The van der Waals surface area contributed by atoms with Gasteiger partial charge in [-0.15, -0.1) is 0 Å². The highest BCUT2D eigenvalue weighted by molar-refractivity contribution is 6.32. The minimum Gasteiger partial charge on any atom is -0.487 e. The van der Waals surface area contributed by atoms with Crippen molar-refractivity contribution >= 4 is 29.1 Å². The van der Waals surface area contributed by atoms with Crippen molar-refractivity contribution in [3.05, 3.63) is 94.9 Å². The van der Waals surface area contributed by atoms with Gasteiger partial charge in [-0.1, -0.05) is 29.7 Å². The van der Waals surface area contributed by atoms with E-state index in [2.05, 4.69) is 37.1 Å². The highest BCUT2D eigenvalue weighted by Crippen LogP contribution is 2.30. The molecular weight excluding hydrogens is 431 g/mol. The Balaban J connectivity index is 1.48. The monoisotopic (exact) mass is 446 g/mol. The van der Waals surface area contributed by atoms with Crippen molar-refractivity contribution in [1.29, 1.82) is 0 Å². The second kappa shape index (κ2) is 9.73. The number of rotatable bonds is 5. The van der Waals surface area contributed by atoms with Gasteiger partial charge in [-0.25, -0.2) is 24.3 Å². The van der Waals surface area contributed by atoms with Crippen LogP contribution in [-0.2, 0) is 6.61 Å². The van der Waals surface area contributed by atoms with Crippen LogP contribution in [0, 0.1) is 17.7 Å². The van der Waals surface area contributed by atoms with Crippen LogP contribution in [0.25, 0.3) is 0 Å². The average Bonchev–Trinajstić information content (AvgIpc) is 2.78. The van der Waals surface area contributed by atoms with Gasteiger partial charge in [-0.3, -0.25) is 0 Å². The van der Waals surface area contributed by atoms with Crippen molar-refractivity contribution in [3.8, 4) is 17.6 Å². The lowest BCUT2D eigenvalue weighted by molar-refractivity contribution is 0.306. The molecule has 4 aromatic rings. The van der Waals surface area contributed by atoms with Gasteiger partial charge in [0.05, 0.1) is 10.6 Å². The van der Waals surface area contributed by atoms with Gasteiger partial charge in [0.1, 0.15) is 36.0 Å². The summed E-state index contributed by atoms with van der Waals surface area (Å²) in [5, 5.41) is 3.56. The highest BCUT2D eigenvalue weighted by atomic mass is 35.5. The molecular formula is C23H16ClFN6O. The number of nitrogens with one attached hydrogen (secondary N) is 1. The summed E-state index contributed by atoms with van der Waals surface area (Å²) in [6.45, 7) is 0.198. The number of anilines is 3. The number of hydrogen-bond donors (Lipinski definition) is 2. The van der Waals surface area contributed by atoms with Gasteiger partial charge in [0.2, 0.25) is 5.95 Å². The number of hydrogen-bond acceptors (Lipinski definition) is 7. The summed E-state index contributed by atoms with van der Waals surface area (Å²) in [5.74, 6) is 6.69. The molecule has 32 heavy (non-hydrogen) atoms. The van der Waals surface area contributed by atoms with Gasteiger partial charge in [-0.2, -0.15) is 0 Å². The molecule has 3 N–H and O–H groups in total. The van der Waals surface area contributed by atoms with Gasteiger partial charge >= 0.3 is 0 Å². The van der Waals surface area contributed by atoms with E-state index in [1.54, 1.807) is 42.6 Å². The summed E-state index contributed by atoms with van der Waals surface area (Å²) in [6.07, 6.45) is 4.53. The summed E-state index contributed by atoms with van der Waals surface area (Å²) >= 11 is 6.36. The number of aromatic nitrogens is 4. The molecule has 7 nitrogen and oxygen atoms in total. The van der Waals surface area contributed by atoms with Gasteiger partial charge in [0.15, 0.2) is 0 Å². The Morgan fingerprint density at radius 1 is 1.09 bits per heavy atom. The molecule has 0 amide bonds. The maximum Gasteiger partial charge on any atom is 0.221 e. The third-order valence-corrected chi connectivity index (χ3v) is 4.49. The summed E-state index contributed by atoms with van der Waals surface area (Å²) in [4.78, 5) is 16.2. The molecule has 0 aliphatic heterocycles. The normalized spacial score (nSPS) is 10.2. The van der Waals surface area contributed by atoms with Gasteiger partial charge < -0.3 is 15.8 Å². The molecule has 2 aromatic carbocycles. The number of benzene rings is 2. The molecule has 0 bridgehead atoms. The first-order chi connectivity index (χ1) is 15.6. The second-order valence-corrected chi connectivity index (χ2v) is 6.93. The Labute approximate surface area is 188 Å². The van der Waals surface area contributed by atoms with Crippen LogP contribution < -0.4 is 15.8 Å². The number of ether oxygens (including phenoxy) is 1. The van der Waals surface area contributed by atoms with Crippen LogP contribution in [-0.4, -0.2) is 19.9 Å². The quantitative estimate of drug-likeness (QED) is 0.439. The van der Waals surface area contributed by atoms with E-state index in [-0.39, 0.29) is 18.4 Å². The van der Waals surface area contributed by atoms with Crippen LogP contribution in [0.5, 0.6) is 5.75 Å². The summed E-state index contributed by atoms with van der Waals surface area (Å²) in [6, 6.07) is 13.1. The molecule has 0 aliphatic rings. The molecule has 2 heterocycles.